The molecule has 1 N–H and O–H groups in total. The van der Waals surface area contributed by atoms with Crippen molar-refractivity contribution in [2.45, 2.75) is 0 Å². The molecule has 0 radical (unpaired) electrons. The fourth-order valence-electron chi connectivity index (χ4n) is 1.23. The van der Waals surface area contributed by atoms with Gasteiger partial charge in [0.2, 0.25) is 0 Å². The predicted octanol–water partition coefficient (Wildman–Crippen LogP) is 2.93. The number of rotatable bonds is 3. The van der Waals surface area contributed by atoms with E-state index in [9.17, 15) is 0 Å². The zero-order valence-corrected chi connectivity index (χ0v) is 8.94. The lowest BCUT2D eigenvalue weighted by Crippen LogP contribution is -2.00. The lowest BCUT2D eigenvalue weighted by molar-refractivity contribution is 0.201. The molecule has 0 aliphatic rings. The van der Waals surface area contributed by atoms with Crippen LogP contribution < -0.4 is 4.74 Å². The van der Waals surface area contributed by atoms with E-state index in [-0.39, 0.29) is 6.61 Å². The van der Waals surface area contributed by atoms with E-state index in [0.717, 1.165) is 20.9 Å². The van der Waals surface area contributed by atoms with Gasteiger partial charge in [-0.15, -0.1) is 11.3 Å². The van der Waals surface area contributed by atoms with E-state index in [1.165, 1.54) is 0 Å². The third kappa shape index (κ3) is 1.85. The predicted molar refractivity (Wildman–Crippen MR) is 59.4 cm³/mol. The molecule has 0 saturated heterocycles. The molecule has 4 heteroatoms. The quantitative estimate of drug-likeness (QED) is 0.876. The van der Waals surface area contributed by atoms with E-state index >= 15 is 0 Å². The Morgan fingerprint density at radius 1 is 1.43 bits per heavy atom. The van der Waals surface area contributed by atoms with E-state index in [2.05, 4.69) is 0 Å². The van der Waals surface area contributed by atoms with Crippen molar-refractivity contribution in [1.29, 1.82) is 0 Å². The van der Waals surface area contributed by atoms with Crippen LogP contribution in [0.25, 0.3) is 10.1 Å². The Bertz CT molecular complexity index is 439. The summed E-state index contributed by atoms with van der Waals surface area (Å²) in [6.07, 6.45) is 0. The maximum atomic E-state index is 8.60. The first-order chi connectivity index (χ1) is 6.81. The molecule has 2 aromatic rings. The summed E-state index contributed by atoms with van der Waals surface area (Å²) < 4.78 is 6.39. The number of hydrogen-bond acceptors (Lipinski definition) is 3. The van der Waals surface area contributed by atoms with Crippen LogP contribution in [0.15, 0.2) is 23.6 Å². The normalized spacial score (nSPS) is 10.7. The molecule has 0 bridgehead atoms. The number of hydrogen-bond donors (Lipinski definition) is 1. The summed E-state index contributed by atoms with van der Waals surface area (Å²) in [5, 5.41) is 12.3. The minimum absolute atomic E-state index is 0.0310. The Hall–Kier alpha value is -0.770. The van der Waals surface area contributed by atoms with Gasteiger partial charge in [-0.05, 0) is 18.2 Å². The highest BCUT2D eigenvalue weighted by molar-refractivity contribution is 7.17. The summed E-state index contributed by atoms with van der Waals surface area (Å²) in [5.41, 5.74) is 0. The van der Waals surface area contributed by atoms with Crippen LogP contribution in [0.4, 0.5) is 0 Å². The standard InChI is InChI=1S/C10H9ClO2S/c11-9-6-14-10-5-7(13-4-3-12)1-2-8(9)10/h1-2,5-6,12H,3-4H2. The average molecular weight is 229 g/mol. The Kier molecular flexibility index (Phi) is 2.91. The maximum absolute atomic E-state index is 8.60. The number of halogens is 1. The molecule has 74 valence electrons. The average Bonchev–Trinajstić information content (AvgIpc) is 2.57. The van der Waals surface area contributed by atoms with Crippen molar-refractivity contribution in [3.63, 3.8) is 0 Å². The topological polar surface area (TPSA) is 29.5 Å². The Labute approximate surface area is 90.7 Å². The largest absolute Gasteiger partial charge is 0.491 e. The SMILES string of the molecule is OCCOc1ccc2c(Cl)csc2c1. The van der Waals surface area contributed by atoms with Gasteiger partial charge in [0.25, 0.3) is 0 Å². The third-order valence-electron chi connectivity index (χ3n) is 1.86. The first-order valence-corrected chi connectivity index (χ1v) is 5.47. The second-order valence-electron chi connectivity index (χ2n) is 2.81. The van der Waals surface area contributed by atoms with Crippen molar-refractivity contribution in [2.75, 3.05) is 13.2 Å². The van der Waals surface area contributed by atoms with Crippen LogP contribution in [0.5, 0.6) is 5.75 Å². The van der Waals surface area contributed by atoms with Gasteiger partial charge in [0, 0.05) is 15.5 Å². The Morgan fingerprint density at radius 3 is 3.07 bits per heavy atom. The van der Waals surface area contributed by atoms with Crippen molar-refractivity contribution in [3.05, 3.63) is 28.6 Å². The maximum Gasteiger partial charge on any atom is 0.120 e. The number of benzene rings is 1. The third-order valence-corrected chi connectivity index (χ3v) is 3.25. The van der Waals surface area contributed by atoms with Crippen molar-refractivity contribution < 1.29 is 9.84 Å². The monoisotopic (exact) mass is 228 g/mol. The van der Waals surface area contributed by atoms with Crippen LogP contribution in [0.3, 0.4) is 0 Å². The molecule has 0 unspecified atom stereocenters. The van der Waals surface area contributed by atoms with Crippen LogP contribution in [-0.2, 0) is 0 Å². The molecular weight excluding hydrogens is 220 g/mol. The second-order valence-corrected chi connectivity index (χ2v) is 4.13. The van der Waals surface area contributed by atoms with Gasteiger partial charge in [-0.3, -0.25) is 0 Å². The molecule has 0 fully saturated rings. The lowest BCUT2D eigenvalue weighted by Gasteiger charge is -2.03. The molecule has 0 saturated carbocycles. The van der Waals surface area contributed by atoms with Crippen molar-refractivity contribution in [1.82, 2.24) is 0 Å². The molecule has 2 nitrogen and oxygen atoms in total. The van der Waals surface area contributed by atoms with Crippen LogP contribution in [-0.4, -0.2) is 18.3 Å². The molecule has 0 amide bonds. The van der Waals surface area contributed by atoms with Gasteiger partial charge in [0.15, 0.2) is 0 Å². The van der Waals surface area contributed by atoms with E-state index in [1.807, 2.05) is 23.6 Å². The molecule has 1 aromatic carbocycles. The molecule has 1 aromatic heterocycles. The number of ether oxygens (including phenoxy) is 1. The molecule has 0 aliphatic heterocycles. The van der Waals surface area contributed by atoms with Crippen LogP contribution >= 0.6 is 22.9 Å². The van der Waals surface area contributed by atoms with Gasteiger partial charge >= 0.3 is 0 Å². The smallest absolute Gasteiger partial charge is 0.120 e. The zero-order chi connectivity index (χ0) is 9.97. The summed E-state index contributed by atoms with van der Waals surface area (Å²) in [6, 6.07) is 5.72. The van der Waals surface area contributed by atoms with E-state index in [1.54, 1.807) is 11.3 Å². The fourth-order valence-corrected chi connectivity index (χ4v) is 2.43. The fraction of sp³-hybridized carbons (Fsp3) is 0.200. The van der Waals surface area contributed by atoms with E-state index < -0.39 is 0 Å². The molecule has 0 aliphatic carbocycles. The number of thiophene rings is 1. The summed E-state index contributed by atoms with van der Waals surface area (Å²) in [7, 11) is 0. The van der Waals surface area contributed by atoms with Gasteiger partial charge in [-0.2, -0.15) is 0 Å². The van der Waals surface area contributed by atoms with Gasteiger partial charge in [0.05, 0.1) is 11.6 Å². The molecule has 0 atom stereocenters. The molecule has 0 spiro atoms. The summed E-state index contributed by atoms with van der Waals surface area (Å²) in [4.78, 5) is 0. The highest BCUT2D eigenvalue weighted by Gasteiger charge is 2.02. The molecule has 14 heavy (non-hydrogen) atoms. The van der Waals surface area contributed by atoms with Crippen LogP contribution in [0.2, 0.25) is 5.02 Å². The number of aliphatic hydroxyl groups is 1. The van der Waals surface area contributed by atoms with E-state index in [0.29, 0.717) is 6.61 Å². The number of aliphatic hydroxyl groups excluding tert-OH is 1. The number of fused-ring (bicyclic) bond motifs is 1. The van der Waals surface area contributed by atoms with Gasteiger partial charge in [-0.25, -0.2) is 0 Å². The van der Waals surface area contributed by atoms with Crippen molar-refractivity contribution in [3.8, 4) is 5.75 Å². The Balaban J connectivity index is 2.32. The molecule has 2 rings (SSSR count). The van der Waals surface area contributed by atoms with Gasteiger partial charge in [-0.1, -0.05) is 11.6 Å². The minimum Gasteiger partial charge on any atom is -0.491 e. The van der Waals surface area contributed by atoms with Gasteiger partial charge in [0.1, 0.15) is 12.4 Å². The highest BCUT2D eigenvalue weighted by atomic mass is 35.5. The Morgan fingerprint density at radius 2 is 2.29 bits per heavy atom. The summed E-state index contributed by atoms with van der Waals surface area (Å²) >= 11 is 7.55. The summed E-state index contributed by atoms with van der Waals surface area (Å²) in [5.74, 6) is 0.769. The first kappa shape index (κ1) is 9.77. The first-order valence-electron chi connectivity index (χ1n) is 4.21. The van der Waals surface area contributed by atoms with Crippen molar-refractivity contribution >= 4 is 33.0 Å². The van der Waals surface area contributed by atoms with Gasteiger partial charge < -0.3 is 9.84 Å². The zero-order valence-electron chi connectivity index (χ0n) is 7.37. The second kappa shape index (κ2) is 4.17. The van der Waals surface area contributed by atoms with Crippen LogP contribution in [0.1, 0.15) is 0 Å². The van der Waals surface area contributed by atoms with Crippen LogP contribution in [0, 0.1) is 0 Å². The summed E-state index contributed by atoms with van der Waals surface area (Å²) in [6.45, 7) is 0.355. The lowest BCUT2D eigenvalue weighted by atomic mass is 10.2. The minimum atomic E-state index is 0.0310. The molecular formula is C10H9ClO2S. The van der Waals surface area contributed by atoms with Crippen molar-refractivity contribution in [2.24, 2.45) is 0 Å². The molecule has 1 heterocycles. The van der Waals surface area contributed by atoms with E-state index in [4.69, 9.17) is 21.4 Å². The highest BCUT2D eigenvalue weighted by Crippen LogP contribution is 2.32.